The maximum Gasteiger partial charge on any atom is 0.224 e. The van der Waals surface area contributed by atoms with Crippen LogP contribution >= 0.6 is 0 Å². The van der Waals surface area contributed by atoms with E-state index < -0.39 is 0 Å². The van der Waals surface area contributed by atoms with Crippen molar-refractivity contribution in [1.29, 1.82) is 0 Å². The van der Waals surface area contributed by atoms with Gasteiger partial charge in [-0.3, -0.25) is 0 Å². The van der Waals surface area contributed by atoms with E-state index in [1.807, 2.05) is 36.7 Å². The predicted octanol–water partition coefficient (Wildman–Crippen LogP) is 4.71. The highest BCUT2D eigenvalue weighted by Gasteiger charge is 2.13. The number of hydrogen-bond acceptors (Lipinski definition) is 3. The molecule has 0 radical (unpaired) electrons. The molecule has 1 N–H and O–H groups in total. The molecule has 0 saturated carbocycles. The van der Waals surface area contributed by atoms with Gasteiger partial charge >= 0.3 is 0 Å². The fourth-order valence-corrected chi connectivity index (χ4v) is 2.66. The van der Waals surface area contributed by atoms with Gasteiger partial charge in [0, 0.05) is 7.05 Å². The second-order valence-corrected chi connectivity index (χ2v) is 7.12. The van der Waals surface area contributed by atoms with Crippen LogP contribution in [0.5, 0.6) is 0 Å². The summed E-state index contributed by atoms with van der Waals surface area (Å²) in [5.41, 5.74) is 8.66. The zero-order valence-electron chi connectivity index (χ0n) is 15.0. The number of benzene rings is 2. The molecule has 0 aliphatic carbocycles. The molecular weight excluding hydrogens is 296 g/mol. The van der Waals surface area contributed by atoms with E-state index in [1.165, 1.54) is 5.56 Å². The normalized spacial score (nSPS) is 12.6. The molecular formula is C20H24N4. The summed E-state index contributed by atoms with van der Waals surface area (Å²) in [5, 5.41) is 4.50. The highest BCUT2D eigenvalue weighted by molar-refractivity contribution is 5.99. The molecule has 0 spiro atoms. The van der Waals surface area contributed by atoms with E-state index in [2.05, 4.69) is 66.6 Å². The van der Waals surface area contributed by atoms with E-state index in [0.29, 0.717) is 0 Å². The molecule has 24 heavy (non-hydrogen) atoms. The van der Waals surface area contributed by atoms with Crippen molar-refractivity contribution in [3.05, 3.63) is 59.7 Å². The van der Waals surface area contributed by atoms with Crippen molar-refractivity contribution >= 4 is 22.7 Å². The molecule has 4 heteroatoms. The van der Waals surface area contributed by atoms with Crippen molar-refractivity contribution in [3.63, 3.8) is 0 Å². The van der Waals surface area contributed by atoms with E-state index in [0.717, 1.165) is 28.3 Å². The molecule has 0 fully saturated rings. The molecule has 1 aromatic heterocycles. The quantitative estimate of drug-likeness (QED) is 0.561. The highest BCUT2D eigenvalue weighted by Crippen LogP contribution is 2.22. The van der Waals surface area contributed by atoms with E-state index in [-0.39, 0.29) is 5.41 Å². The number of hydrazone groups is 1. The summed E-state index contributed by atoms with van der Waals surface area (Å²) in [5.74, 6) is 0.738. The van der Waals surface area contributed by atoms with Crippen LogP contribution in [0.25, 0.3) is 11.0 Å². The van der Waals surface area contributed by atoms with Crippen LogP contribution in [0.15, 0.2) is 53.6 Å². The van der Waals surface area contributed by atoms with Crippen molar-refractivity contribution in [2.45, 2.75) is 33.1 Å². The number of aromatic nitrogens is 2. The third-order valence-electron chi connectivity index (χ3n) is 4.28. The van der Waals surface area contributed by atoms with Crippen LogP contribution in [0.2, 0.25) is 0 Å². The number of para-hydroxylation sites is 2. The highest BCUT2D eigenvalue weighted by atomic mass is 15.4. The van der Waals surface area contributed by atoms with Gasteiger partial charge in [-0.15, -0.1) is 0 Å². The molecule has 124 valence electrons. The Morgan fingerprint density at radius 3 is 2.33 bits per heavy atom. The minimum absolute atomic E-state index is 0.162. The van der Waals surface area contributed by atoms with Crippen molar-refractivity contribution in [2.75, 3.05) is 5.43 Å². The zero-order chi connectivity index (χ0) is 17.3. The number of aryl methyl sites for hydroxylation is 1. The van der Waals surface area contributed by atoms with Gasteiger partial charge in [-0.2, -0.15) is 5.10 Å². The summed E-state index contributed by atoms with van der Waals surface area (Å²) >= 11 is 0. The SMILES string of the molecule is C/C(=N\Nc1nc2ccccc2n1C)c1ccc(C(C)(C)C)cc1. The Hall–Kier alpha value is -2.62. The van der Waals surface area contributed by atoms with E-state index >= 15 is 0 Å². The molecule has 4 nitrogen and oxygen atoms in total. The molecule has 0 amide bonds. The van der Waals surface area contributed by atoms with Crippen LogP contribution < -0.4 is 5.43 Å². The van der Waals surface area contributed by atoms with Gasteiger partial charge in [0.2, 0.25) is 5.95 Å². The average Bonchev–Trinajstić information content (AvgIpc) is 2.88. The van der Waals surface area contributed by atoms with Crippen molar-refractivity contribution < 1.29 is 0 Å². The summed E-state index contributed by atoms with van der Waals surface area (Å²) in [4.78, 5) is 4.57. The van der Waals surface area contributed by atoms with Gasteiger partial charge in [0.15, 0.2) is 0 Å². The van der Waals surface area contributed by atoms with Crippen LogP contribution in [0.3, 0.4) is 0 Å². The van der Waals surface area contributed by atoms with E-state index in [4.69, 9.17) is 0 Å². The number of fused-ring (bicyclic) bond motifs is 1. The third-order valence-corrected chi connectivity index (χ3v) is 4.28. The lowest BCUT2D eigenvalue weighted by atomic mass is 9.86. The Morgan fingerprint density at radius 1 is 1.04 bits per heavy atom. The van der Waals surface area contributed by atoms with Gasteiger partial charge in [-0.1, -0.05) is 57.2 Å². The van der Waals surface area contributed by atoms with Crippen LogP contribution in [0.4, 0.5) is 5.95 Å². The first-order chi connectivity index (χ1) is 11.4. The largest absolute Gasteiger partial charge is 0.312 e. The topological polar surface area (TPSA) is 42.2 Å². The fraction of sp³-hybridized carbons (Fsp3) is 0.300. The van der Waals surface area contributed by atoms with Crippen LogP contribution in [-0.4, -0.2) is 15.3 Å². The Morgan fingerprint density at radius 2 is 1.71 bits per heavy atom. The van der Waals surface area contributed by atoms with Crippen molar-refractivity contribution in [3.8, 4) is 0 Å². The first-order valence-corrected chi connectivity index (χ1v) is 8.19. The minimum atomic E-state index is 0.162. The summed E-state index contributed by atoms with van der Waals surface area (Å²) in [6.45, 7) is 8.66. The maximum atomic E-state index is 4.57. The number of nitrogens with zero attached hydrogens (tertiary/aromatic N) is 3. The average molecular weight is 320 g/mol. The number of nitrogens with one attached hydrogen (secondary N) is 1. The molecule has 2 aromatic carbocycles. The lowest BCUT2D eigenvalue weighted by molar-refractivity contribution is 0.590. The second kappa shape index (κ2) is 6.11. The maximum absolute atomic E-state index is 4.57. The van der Waals surface area contributed by atoms with Crippen molar-refractivity contribution in [1.82, 2.24) is 9.55 Å². The lowest BCUT2D eigenvalue weighted by Crippen LogP contribution is -2.11. The van der Waals surface area contributed by atoms with Crippen LogP contribution in [-0.2, 0) is 12.5 Å². The van der Waals surface area contributed by atoms with Gasteiger partial charge < -0.3 is 4.57 Å². The van der Waals surface area contributed by atoms with E-state index in [1.54, 1.807) is 0 Å². The zero-order valence-corrected chi connectivity index (χ0v) is 15.0. The molecule has 0 unspecified atom stereocenters. The first-order valence-electron chi connectivity index (χ1n) is 8.19. The molecule has 3 aromatic rings. The Kier molecular flexibility index (Phi) is 4.14. The summed E-state index contributed by atoms with van der Waals surface area (Å²) in [6.07, 6.45) is 0. The Bertz CT molecular complexity index is 880. The van der Waals surface area contributed by atoms with Crippen LogP contribution in [0, 0.1) is 0 Å². The molecule has 0 bridgehead atoms. The third kappa shape index (κ3) is 3.18. The molecule has 0 aliphatic rings. The monoisotopic (exact) mass is 320 g/mol. The molecule has 0 aliphatic heterocycles. The number of anilines is 1. The molecule has 3 rings (SSSR count). The van der Waals surface area contributed by atoms with Gasteiger partial charge in [-0.25, -0.2) is 10.4 Å². The standard InChI is InChI=1S/C20H24N4/c1-14(15-10-12-16(13-11-15)20(2,3)4)22-23-19-21-17-8-6-7-9-18(17)24(19)5/h6-13H,1-5H3,(H,21,23)/b22-14+. The van der Waals surface area contributed by atoms with Gasteiger partial charge in [0.25, 0.3) is 0 Å². The molecule has 1 heterocycles. The summed E-state index contributed by atoms with van der Waals surface area (Å²) in [7, 11) is 1.99. The van der Waals surface area contributed by atoms with Crippen LogP contribution in [0.1, 0.15) is 38.8 Å². The van der Waals surface area contributed by atoms with E-state index in [9.17, 15) is 0 Å². The summed E-state index contributed by atoms with van der Waals surface area (Å²) < 4.78 is 2.01. The van der Waals surface area contributed by atoms with Crippen molar-refractivity contribution in [2.24, 2.45) is 12.1 Å². The predicted molar refractivity (Wildman–Crippen MR) is 102 cm³/mol. The minimum Gasteiger partial charge on any atom is -0.312 e. The first kappa shape index (κ1) is 16.2. The Balaban J connectivity index is 1.81. The number of hydrogen-bond donors (Lipinski definition) is 1. The van der Waals surface area contributed by atoms with Gasteiger partial charge in [0.05, 0.1) is 16.7 Å². The van der Waals surface area contributed by atoms with Gasteiger partial charge in [0.1, 0.15) is 0 Å². The second-order valence-electron chi connectivity index (χ2n) is 7.12. The number of rotatable bonds is 3. The smallest absolute Gasteiger partial charge is 0.224 e. The molecule has 0 saturated heterocycles. The lowest BCUT2D eigenvalue weighted by Gasteiger charge is -2.19. The summed E-state index contributed by atoms with van der Waals surface area (Å²) in [6, 6.07) is 16.6. The molecule has 0 atom stereocenters. The number of imidazole rings is 1. The fourth-order valence-electron chi connectivity index (χ4n) is 2.66. The Labute approximate surface area is 143 Å². The van der Waals surface area contributed by atoms with Gasteiger partial charge in [-0.05, 0) is 35.6 Å².